The number of hydrogen-bond acceptors (Lipinski definition) is 4. The van der Waals surface area contributed by atoms with Gasteiger partial charge in [-0.3, -0.25) is 9.59 Å². The van der Waals surface area contributed by atoms with E-state index in [1.165, 1.54) is 0 Å². The van der Waals surface area contributed by atoms with Crippen molar-refractivity contribution in [3.05, 3.63) is 118 Å². The molecule has 0 aliphatic heterocycles. The van der Waals surface area contributed by atoms with Gasteiger partial charge in [0.05, 0.1) is 22.6 Å². The lowest BCUT2D eigenvalue weighted by Gasteiger charge is -2.12. The van der Waals surface area contributed by atoms with Crippen molar-refractivity contribution in [1.82, 2.24) is 0 Å². The minimum absolute atomic E-state index is 0.258. The summed E-state index contributed by atoms with van der Waals surface area (Å²) in [5, 5.41) is 14.8. The number of carbonyl (C=O) groups excluding carboxylic acids is 2. The molecule has 0 spiro atoms. The Kier molecular flexibility index (Phi) is 7.33. The molecular formula is C28H23ClN4O2. The number of azo groups is 1. The molecule has 0 saturated carbocycles. The zero-order valence-electron chi connectivity index (χ0n) is 19.2. The summed E-state index contributed by atoms with van der Waals surface area (Å²) in [6.07, 6.45) is 0. The molecule has 0 aliphatic carbocycles. The highest BCUT2D eigenvalue weighted by Gasteiger charge is 2.16. The van der Waals surface area contributed by atoms with Crippen LogP contribution >= 0.6 is 11.6 Å². The number of halogens is 1. The molecule has 0 aliphatic rings. The summed E-state index contributed by atoms with van der Waals surface area (Å²) >= 11 is 6.17. The smallest absolute Gasteiger partial charge is 0.257 e. The van der Waals surface area contributed by atoms with Gasteiger partial charge in [0.15, 0.2) is 0 Å². The third-order valence-corrected chi connectivity index (χ3v) is 5.68. The largest absolute Gasteiger partial charge is 0.322 e. The molecule has 35 heavy (non-hydrogen) atoms. The van der Waals surface area contributed by atoms with E-state index in [4.69, 9.17) is 11.6 Å². The van der Waals surface area contributed by atoms with Crippen molar-refractivity contribution < 1.29 is 9.59 Å². The molecule has 7 heteroatoms. The third-order valence-electron chi connectivity index (χ3n) is 5.28. The van der Waals surface area contributed by atoms with Crippen molar-refractivity contribution in [3.8, 4) is 0 Å². The summed E-state index contributed by atoms with van der Waals surface area (Å²) < 4.78 is 0. The van der Waals surface area contributed by atoms with Gasteiger partial charge < -0.3 is 10.6 Å². The second kappa shape index (κ2) is 10.8. The van der Waals surface area contributed by atoms with Crippen molar-refractivity contribution in [3.63, 3.8) is 0 Å². The van der Waals surface area contributed by atoms with Crippen LogP contribution in [0.15, 0.2) is 101 Å². The van der Waals surface area contributed by atoms with E-state index >= 15 is 0 Å². The monoisotopic (exact) mass is 482 g/mol. The Morgan fingerprint density at radius 1 is 0.714 bits per heavy atom. The van der Waals surface area contributed by atoms with Crippen molar-refractivity contribution in [2.24, 2.45) is 10.2 Å². The summed E-state index contributed by atoms with van der Waals surface area (Å²) in [6, 6.07) is 26.6. The normalized spacial score (nSPS) is 10.8. The van der Waals surface area contributed by atoms with Crippen molar-refractivity contribution in [2.45, 2.75) is 13.8 Å². The fourth-order valence-electron chi connectivity index (χ4n) is 3.27. The average Bonchev–Trinajstić information content (AvgIpc) is 2.87. The Hall–Kier alpha value is -4.29. The number of carbonyl (C=O) groups is 2. The number of nitrogens with zero attached hydrogens (tertiary/aromatic N) is 2. The Bertz CT molecular complexity index is 1400. The molecule has 2 N–H and O–H groups in total. The first kappa shape index (κ1) is 23.9. The Balaban J connectivity index is 1.64. The molecule has 0 heterocycles. The van der Waals surface area contributed by atoms with Gasteiger partial charge in [-0.25, -0.2) is 0 Å². The summed E-state index contributed by atoms with van der Waals surface area (Å²) in [7, 11) is 0. The van der Waals surface area contributed by atoms with Gasteiger partial charge in [0, 0.05) is 16.3 Å². The fraction of sp³-hybridized carbons (Fsp3) is 0.0714. The number of benzene rings is 4. The Labute approximate surface area is 208 Å². The molecule has 0 aromatic heterocycles. The average molecular weight is 483 g/mol. The van der Waals surface area contributed by atoms with Crippen molar-refractivity contribution in [1.29, 1.82) is 0 Å². The maximum absolute atomic E-state index is 13.2. The summed E-state index contributed by atoms with van der Waals surface area (Å²) in [5.41, 5.74) is 4.81. The highest BCUT2D eigenvalue weighted by Crippen LogP contribution is 2.28. The predicted molar refractivity (Wildman–Crippen MR) is 140 cm³/mol. The van der Waals surface area contributed by atoms with Crippen LogP contribution in [0.25, 0.3) is 0 Å². The van der Waals surface area contributed by atoms with E-state index in [0.29, 0.717) is 33.3 Å². The SMILES string of the molecule is Cc1ccc(NC(=O)c2cc(N=Nc3ccc(C)c(Cl)c3)ccc2NC(=O)c2ccccc2)cc1. The third kappa shape index (κ3) is 6.19. The minimum Gasteiger partial charge on any atom is -0.322 e. The lowest BCUT2D eigenvalue weighted by Crippen LogP contribution is -2.18. The summed E-state index contributed by atoms with van der Waals surface area (Å²) in [4.78, 5) is 25.9. The van der Waals surface area contributed by atoms with Crippen molar-refractivity contribution in [2.75, 3.05) is 10.6 Å². The van der Waals surface area contributed by atoms with Gasteiger partial charge in [-0.1, -0.05) is 53.6 Å². The van der Waals surface area contributed by atoms with E-state index < -0.39 is 0 Å². The number of aryl methyl sites for hydroxylation is 2. The maximum atomic E-state index is 13.2. The molecule has 0 atom stereocenters. The number of nitrogens with one attached hydrogen (secondary N) is 2. The molecule has 4 aromatic carbocycles. The lowest BCUT2D eigenvalue weighted by molar-refractivity contribution is 0.102. The number of anilines is 2. The first-order chi connectivity index (χ1) is 16.9. The van der Waals surface area contributed by atoms with E-state index in [2.05, 4.69) is 20.9 Å². The van der Waals surface area contributed by atoms with Crippen LogP contribution < -0.4 is 10.6 Å². The fourth-order valence-corrected chi connectivity index (χ4v) is 3.44. The summed E-state index contributed by atoms with van der Waals surface area (Å²) in [5.74, 6) is -0.702. The number of hydrogen-bond donors (Lipinski definition) is 2. The number of amides is 2. The van der Waals surface area contributed by atoms with E-state index in [1.54, 1.807) is 48.5 Å². The van der Waals surface area contributed by atoms with Crippen LogP contribution in [0.2, 0.25) is 5.02 Å². The molecule has 0 fully saturated rings. The Morgan fingerprint density at radius 2 is 1.37 bits per heavy atom. The van der Waals surface area contributed by atoms with Crippen LogP contribution in [0, 0.1) is 13.8 Å². The second-order valence-corrected chi connectivity index (χ2v) is 8.41. The zero-order valence-corrected chi connectivity index (χ0v) is 20.0. The van der Waals surface area contributed by atoms with Crippen LogP contribution in [0.1, 0.15) is 31.8 Å². The van der Waals surface area contributed by atoms with Crippen molar-refractivity contribution >= 4 is 46.2 Å². The van der Waals surface area contributed by atoms with Gasteiger partial charge in [0.1, 0.15) is 0 Å². The van der Waals surface area contributed by atoms with Crippen LogP contribution in [0.3, 0.4) is 0 Å². The molecule has 0 saturated heterocycles. The molecule has 4 rings (SSSR count). The van der Waals surface area contributed by atoms with E-state index in [-0.39, 0.29) is 17.4 Å². The quantitative estimate of drug-likeness (QED) is 0.274. The molecule has 0 radical (unpaired) electrons. The minimum atomic E-state index is -0.382. The second-order valence-electron chi connectivity index (χ2n) is 8.00. The first-order valence-electron chi connectivity index (χ1n) is 11.0. The van der Waals surface area contributed by atoms with E-state index in [9.17, 15) is 9.59 Å². The molecular weight excluding hydrogens is 460 g/mol. The number of rotatable bonds is 6. The molecule has 0 unspecified atom stereocenters. The summed E-state index contributed by atoms with van der Waals surface area (Å²) in [6.45, 7) is 3.88. The molecule has 0 bridgehead atoms. The molecule has 4 aromatic rings. The van der Waals surface area contributed by atoms with Gasteiger partial charge in [-0.2, -0.15) is 10.2 Å². The van der Waals surface area contributed by atoms with Gasteiger partial charge >= 0.3 is 0 Å². The van der Waals surface area contributed by atoms with Gasteiger partial charge in [-0.05, 0) is 74.0 Å². The van der Waals surface area contributed by atoms with Crippen LogP contribution in [0.5, 0.6) is 0 Å². The highest BCUT2D eigenvalue weighted by molar-refractivity contribution is 6.31. The molecule has 2 amide bonds. The van der Waals surface area contributed by atoms with Crippen LogP contribution in [0.4, 0.5) is 22.7 Å². The van der Waals surface area contributed by atoms with Gasteiger partial charge in [-0.15, -0.1) is 0 Å². The zero-order chi connectivity index (χ0) is 24.8. The van der Waals surface area contributed by atoms with E-state index in [1.807, 2.05) is 56.3 Å². The first-order valence-corrected chi connectivity index (χ1v) is 11.3. The molecule has 174 valence electrons. The predicted octanol–water partition coefficient (Wildman–Crippen LogP) is 7.88. The van der Waals surface area contributed by atoms with Crippen LogP contribution in [-0.2, 0) is 0 Å². The standard InChI is InChI=1S/C28H23ClN4O2/c1-18-8-11-21(12-9-18)30-28(35)24-16-22(32-33-23-13-10-19(2)25(29)17-23)14-15-26(24)31-27(34)20-6-4-3-5-7-20/h3-17H,1-2H3,(H,30,35)(H,31,34). The van der Waals surface area contributed by atoms with Gasteiger partial charge in [0.2, 0.25) is 0 Å². The maximum Gasteiger partial charge on any atom is 0.257 e. The van der Waals surface area contributed by atoms with Gasteiger partial charge in [0.25, 0.3) is 11.8 Å². The lowest BCUT2D eigenvalue weighted by atomic mass is 10.1. The van der Waals surface area contributed by atoms with E-state index in [0.717, 1.165) is 11.1 Å². The molecule has 6 nitrogen and oxygen atoms in total. The van der Waals surface area contributed by atoms with Crippen LogP contribution in [-0.4, -0.2) is 11.8 Å². The highest BCUT2D eigenvalue weighted by atomic mass is 35.5. The topological polar surface area (TPSA) is 82.9 Å². The Morgan fingerprint density at radius 3 is 2.06 bits per heavy atom.